The Kier molecular flexibility index (Phi) is 3.98. The minimum atomic E-state index is 0.870. The van der Waals surface area contributed by atoms with Gasteiger partial charge in [0.05, 0.1) is 0 Å². The Morgan fingerprint density at radius 2 is 2.50 bits per heavy atom. The molecule has 0 radical (unpaired) electrons. The standard InChI is InChI=1S/C9H12BrNS/c1-3-4-11-6-8-5-9(10)7(2)12-8/h3,5,11H,1,4,6H2,2H3. The Hall–Kier alpha value is -0.120. The normalized spacial score (nSPS) is 10.2. The Labute approximate surface area is 85.6 Å². The fourth-order valence-electron chi connectivity index (χ4n) is 0.902. The van der Waals surface area contributed by atoms with Crippen molar-refractivity contribution in [3.05, 3.63) is 32.9 Å². The van der Waals surface area contributed by atoms with Gasteiger partial charge in [-0.1, -0.05) is 6.08 Å². The third-order valence-corrected chi connectivity index (χ3v) is 3.63. The molecule has 0 bridgehead atoms. The van der Waals surface area contributed by atoms with E-state index in [1.165, 1.54) is 14.2 Å². The van der Waals surface area contributed by atoms with E-state index in [1.54, 1.807) is 0 Å². The van der Waals surface area contributed by atoms with Crippen molar-refractivity contribution in [2.45, 2.75) is 13.5 Å². The van der Waals surface area contributed by atoms with Gasteiger partial charge in [-0.15, -0.1) is 17.9 Å². The zero-order valence-electron chi connectivity index (χ0n) is 7.06. The van der Waals surface area contributed by atoms with Crippen LogP contribution in [0.3, 0.4) is 0 Å². The summed E-state index contributed by atoms with van der Waals surface area (Å²) in [5.41, 5.74) is 0. The number of halogens is 1. The Bertz CT molecular complexity index is 248. The van der Waals surface area contributed by atoms with Crippen LogP contribution in [0.1, 0.15) is 9.75 Å². The molecule has 0 fully saturated rings. The zero-order chi connectivity index (χ0) is 8.97. The molecule has 0 saturated heterocycles. The maximum absolute atomic E-state index is 3.65. The fraction of sp³-hybridized carbons (Fsp3) is 0.333. The topological polar surface area (TPSA) is 12.0 Å². The summed E-state index contributed by atoms with van der Waals surface area (Å²) >= 11 is 5.31. The number of nitrogens with one attached hydrogen (secondary N) is 1. The lowest BCUT2D eigenvalue weighted by Crippen LogP contribution is -2.11. The zero-order valence-corrected chi connectivity index (χ0v) is 9.46. The third-order valence-electron chi connectivity index (χ3n) is 1.50. The highest BCUT2D eigenvalue weighted by atomic mass is 79.9. The molecular formula is C9H12BrNS. The second kappa shape index (κ2) is 4.80. The fourth-order valence-corrected chi connectivity index (χ4v) is 2.47. The van der Waals surface area contributed by atoms with Gasteiger partial charge in [0.25, 0.3) is 0 Å². The lowest BCUT2D eigenvalue weighted by atomic mass is 10.4. The summed E-state index contributed by atoms with van der Waals surface area (Å²) in [6.45, 7) is 7.57. The molecule has 1 N–H and O–H groups in total. The molecule has 3 heteroatoms. The van der Waals surface area contributed by atoms with Crippen molar-refractivity contribution >= 4 is 27.3 Å². The summed E-state index contributed by atoms with van der Waals surface area (Å²) < 4.78 is 1.21. The van der Waals surface area contributed by atoms with Crippen LogP contribution in [-0.2, 0) is 6.54 Å². The highest BCUT2D eigenvalue weighted by Gasteiger charge is 2.00. The van der Waals surface area contributed by atoms with Crippen molar-refractivity contribution in [3.8, 4) is 0 Å². The molecule has 0 atom stereocenters. The predicted molar refractivity (Wildman–Crippen MR) is 58.7 cm³/mol. The van der Waals surface area contributed by atoms with Crippen molar-refractivity contribution in [1.82, 2.24) is 5.32 Å². The van der Waals surface area contributed by atoms with Crippen molar-refractivity contribution < 1.29 is 0 Å². The molecule has 66 valence electrons. The number of hydrogen-bond donors (Lipinski definition) is 1. The van der Waals surface area contributed by atoms with Gasteiger partial charge in [0.1, 0.15) is 0 Å². The molecule has 0 aliphatic heterocycles. The van der Waals surface area contributed by atoms with Crippen LogP contribution >= 0.6 is 27.3 Å². The molecule has 12 heavy (non-hydrogen) atoms. The minimum Gasteiger partial charge on any atom is -0.308 e. The molecule has 0 saturated carbocycles. The summed E-state index contributed by atoms with van der Waals surface area (Å²) in [4.78, 5) is 2.70. The lowest BCUT2D eigenvalue weighted by Gasteiger charge is -1.96. The van der Waals surface area contributed by atoms with Gasteiger partial charge < -0.3 is 5.32 Å². The van der Waals surface area contributed by atoms with Crippen molar-refractivity contribution in [3.63, 3.8) is 0 Å². The summed E-state index contributed by atoms with van der Waals surface area (Å²) in [5.74, 6) is 0. The quantitative estimate of drug-likeness (QED) is 0.635. The van der Waals surface area contributed by atoms with Gasteiger partial charge in [0, 0.05) is 27.3 Å². The summed E-state index contributed by atoms with van der Waals surface area (Å²) in [6, 6.07) is 2.16. The van der Waals surface area contributed by atoms with Crippen molar-refractivity contribution in [1.29, 1.82) is 0 Å². The highest BCUT2D eigenvalue weighted by Crippen LogP contribution is 2.25. The summed E-state index contributed by atoms with van der Waals surface area (Å²) in [5, 5.41) is 3.26. The van der Waals surface area contributed by atoms with Gasteiger partial charge in [0.15, 0.2) is 0 Å². The van der Waals surface area contributed by atoms with E-state index in [0.29, 0.717) is 0 Å². The molecular weight excluding hydrogens is 234 g/mol. The maximum atomic E-state index is 3.65. The second-order valence-corrected chi connectivity index (χ2v) is 4.73. The van der Waals surface area contributed by atoms with Crippen LogP contribution in [0.15, 0.2) is 23.2 Å². The Balaban J connectivity index is 2.47. The molecule has 0 aromatic carbocycles. The predicted octanol–water partition coefficient (Wildman–Crippen LogP) is 3.09. The lowest BCUT2D eigenvalue weighted by molar-refractivity contribution is 0.771. The first kappa shape index (κ1) is 9.96. The van der Waals surface area contributed by atoms with Gasteiger partial charge in [0.2, 0.25) is 0 Å². The van der Waals surface area contributed by atoms with E-state index in [-0.39, 0.29) is 0 Å². The second-order valence-electron chi connectivity index (χ2n) is 2.54. The molecule has 1 heterocycles. The molecule has 1 aromatic rings. The first-order chi connectivity index (χ1) is 5.74. The molecule has 0 unspecified atom stereocenters. The SMILES string of the molecule is C=CCNCc1cc(Br)c(C)s1. The monoisotopic (exact) mass is 245 g/mol. The molecule has 0 amide bonds. The average molecular weight is 246 g/mol. The number of thiophene rings is 1. The van der Waals surface area contributed by atoms with Crippen LogP contribution in [0, 0.1) is 6.92 Å². The van der Waals surface area contributed by atoms with E-state index < -0.39 is 0 Å². The van der Waals surface area contributed by atoms with Crippen LogP contribution in [0.2, 0.25) is 0 Å². The number of aryl methyl sites for hydroxylation is 1. The van der Waals surface area contributed by atoms with Gasteiger partial charge in [-0.2, -0.15) is 0 Å². The maximum Gasteiger partial charge on any atom is 0.0314 e. The summed E-state index contributed by atoms with van der Waals surface area (Å²) in [6.07, 6.45) is 1.87. The minimum absolute atomic E-state index is 0.870. The van der Waals surface area contributed by atoms with E-state index in [0.717, 1.165) is 13.1 Å². The number of rotatable bonds is 4. The van der Waals surface area contributed by atoms with Crippen LogP contribution in [0.5, 0.6) is 0 Å². The van der Waals surface area contributed by atoms with Crippen LogP contribution < -0.4 is 5.32 Å². The first-order valence-corrected chi connectivity index (χ1v) is 5.41. The Morgan fingerprint density at radius 1 is 1.75 bits per heavy atom. The molecule has 1 nitrogen and oxygen atoms in total. The van der Waals surface area contributed by atoms with Gasteiger partial charge >= 0.3 is 0 Å². The average Bonchev–Trinajstić information content (AvgIpc) is 2.32. The molecule has 0 spiro atoms. The third kappa shape index (κ3) is 2.73. The van der Waals surface area contributed by atoms with E-state index >= 15 is 0 Å². The van der Waals surface area contributed by atoms with Gasteiger partial charge in [-0.25, -0.2) is 0 Å². The van der Waals surface area contributed by atoms with Crippen molar-refractivity contribution in [2.75, 3.05) is 6.54 Å². The number of hydrogen-bond acceptors (Lipinski definition) is 2. The van der Waals surface area contributed by atoms with Crippen molar-refractivity contribution in [2.24, 2.45) is 0 Å². The first-order valence-electron chi connectivity index (χ1n) is 3.80. The summed E-state index contributed by atoms with van der Waals surface area (Å²) in [7, 11) is 0. The highest BCUT2D eigenvalue weighted by molar-refractivity contribution is 9.10. The van der Waals surface area contributed by atoms with Crippen LogP contribution in [0.4, 0.5) is 0 Å². The molecule has 0 aliphatic rings. The largest absolute Gasteiger partial charge is 0.308 e. The van der Waals surface area contributed by atoms with Crippen LogP contribution in [0.25, 0.3) is 0 Å². The molecule has 0 aliphatic carbocycles. The van der Waals surface area contributed by atoms with Crippen LogP contribution in [-0.4, -0.2) is 6.54 Å². The Morgan fingerprint density at radius 3 is 3.00 bits per heavy atom. The van der Waals surface area contributed by atoms with E-state index in [9.17, 15) is 0 Å². The molecule has 1 rings (SSSR count). The van der Waals surface area contributed by atoms with Gasteiger partial charge in [-0.3, -0.25) is 0 Å². The van der Waals surface area contributed by atoms with E-state index in [1.807, 2.05) is 17.4 Å². The van der Waals surface area contributed by atoms with E-state index in [4.69, 9.17) is 0 Å². The van der Waals surface area contributed by atoms with E-state index in [2.05, 4.69) is 40.8 Å². The smallest absolute Gasteiger partial charge is 0.0314 e. The van der Waals surface area contributed by atoms with Gasteiger partial charge in [-0.05, 0) is 28.9 Å². The molecule has 1 aromatic heterocycles.